The third kappa shape index (κ3) is 4.16. The number of anilines is 1. The van der Waals surface area contributed by atoms with Crippen molar-refractivity contribution in [3.8, 4) is 11.1 Å². The SMILES string of the molecule is C[C@H](OC(=O)c1ccccc1)C(=O)Nc1ccccc1-c1ccccc1. The van der Waals surface area contributed by atoms with E-state index in [0.717, 1.165) is 11.1 Å². The van der Waals surface area contributed by atoms with E-state index in [-0.39, 0.29) is 5.91 Å². The zero-order chi connectivity index (χ0) is 18.4. The molecule has 3 aromatic rings. The van der Waals surface area contributed by atoms with Gasteiger partial charge in [-0.2, -0.15) is 0 Å². The van der Waals surface area contributed by atoms with Gasteiger partial charge in [0.15, 0.2) is 6.10 Å². The molecular weight excluding hydrogens is 326 g/mol. The fourth-order valence-corrected chi connectivity index (χ4v) is 2.55. The lowest BCUT2D eigenvalue weighted by Crippen LogP contribution is -2.30. The first kappa shape index (κ1) is 17.4. The summed E-state index contributed by atoms with van der Waals surface area (Å²) in [6.45, 7) is 1.56. The summed E-state index contributed by atoms with van der Waals surface area (Å²) in [5.41, 5.74) is 2.99. The van der Waals surface area contributed by atoms with Crippen LogP contribution in [0.3, 0.4) is 0 Å². The maximum absolute atomic E-state index is 12.5. The fourth-order valence-electron chi connectivity index (χ4n) is 2.55. The van der Waals surface area contributed by atoms with Gasteiger partial charge in [0.25, 0.3) is 5.91 Å². The van der Waals surface area contributed by atoms with Crippen LogP contribution < -0.4 is 5.32 Å². The van der Waals surface area contributed by atoms with E-state index in [4.69, 9.17) is 4.74 Å². The van der Waals surface area contributed by atoms with Gasteiger partial charge in [-0.1, -0.05) is 66.7 Å². The number of hydrogen-bond donors (Lipinski definition) is 1. The molecule has 130 valence electrons. The number of carbonyl (C=O) groups excluding carboxylic acids is 2. The van der Waals surface area contributed by atoms with E-state index < -0.39 is 12.1 Å². The number of nitrogens with one attached hydrogen (secondary N) is 1. The number of carbonyl (C=O) groups is 2. The summed E-state index contributed by atoms with van der Waals surface area (Å²) in [4.78, 5) is 24.6. The van der Waals surface area contributed by atoms with E-state index in [2.05, 4.69) is 5.32 Å². The van der Waals surface area contributed by atoms with Crippen LogP contribution in [0, 0.1) is 0 Å². The normalized spacial score (nSPS) is 11.4. The Kier molecular flexibility index (Phi) is 5.44. The van der Waals surface area contributed by atoms with Crippen LogP contribution in [-0.2, 0) is 9.53 Å². The van der Waals surface area contributed by atoms with E-state index in [1.807, 2.05) is 60.7 Å². The molecule has 0 spiro atoms. The second-order valence-corrected chi connectivity index (χ2v) is 5.81. The minimum atomic E-state index is -0.911. The minimum Gasteiger partial charge on any atom is -0.449 e. The molecule has 1 atom stereocenters. The summed E-state index contributed by atoms with van der Waals surface area (Å²) in [7, 11) is 0. The lowest BCUT2D eigenvalue weighted by atomic mass is 10.0. The molecule has 3 aromatic carbocycles. The molecule has 1 amide bonds. The molecule has 4 nitrogen and oxygen atoms in total. The van der Waals surface area contributed by atoms with E-state index in [9.17, 15) is 9.59 Å². The highest BCUT2D eigenvalue weighted by Gasteiger charge is 2.19. The van der Waals surface area contributed by atoms with Gasteiger partial charge in [-0.25, -0.2) is 4.79 Å². The average Bonchev–Trinajstić information content (AvgIpc) is 2.69. The first-order chi connectivity index (χ1) is 12.6. The fraction of sp³-hybridized carbons (Fsp3) is 0.0909. The number of benzene rings is 3. The van der Waals surface area contributed by atoms with E-state index in [1.165, 1.54) is 0 Å². The molecule has 0 aliphatic heterocycles. The van der Waals surface area contributed by atoms with Crippen molar-refractivity contribution < 1.29 is 14.3 Å². The Morgan fingerprint density at radius 1 is 0.808 bits per heavy atom. The van der Waals surface area contributed by atoms with Crippen LogP contribution in [0.4, 0.5) is 5.69 Å². The molecule has 0 bridgehead atoms. The molecule has 26 heavy (non-hydrogen) atoms. The highest BCUT2D eigenvalue weighted by Crippen LogP contribution is 2.27. The number of rotatable bonds is 5. The van der Waals surface area contributed by atoms with Crippen molar-refractivity contribution in [1.82, 2.24) is 0 Å². The summed E-state index contributed by atoms with van der Waals surface area (Å²) >= 11 is 0. The number of ether oxygens (including phenoxy) is 1. The Morgan fingerprint density at radius 3 is 2.08 bits per heavy atom. The van der Waals surface area contributed by atoms with Crippen LogP contribution in [0.25, 0.3) is 11.1 Å². The molecule has 0 aromatic heterocycles. The zero-order valence-corrected chi connectivity index (χ0v) is 14.4. The largest absolute Gasteiger partial charge is 0.449 e. The van der Waals surface area contributed by atoms with Gasteiger partial charge < -0.3 is 10.1 Å². The molecule has 1 N–H and O–H groups in total. The zero-order valence-electron chi connectivity index (χ0n) is 14.4. The topological polar surface area (TPSA) is 55.4 Å². The van der Waals surface area contributed by atoms with Gasteiger partial charge in [-0.3, -0.25) is 4.79 Å². The van der Waals surface area contributed by atoms with Gasteiger partial charge >= 0.3 is 5.97 Å². The molecule has 0 saturated heterocycles. The summed E-state index contributed by atoms with van der Waals surface area (Å²) in [6.07, 6.45) is -0.911. The van der Waals surface area contributed by atoms with Crippen molar-refractivity contribution in [2.75, 3.05) is 5.32 Å². The number of amides is 1. The summed E-state index contributed by atoms with van der Waals surface area (Å²) in [5, 5.41) is 2.85. The van der Waals surface area contributed by atoms with Crippen molar-refractivity contribution in [1.29, 1.82) is 0 Å². The Bertz CT molecular complexity index is 892. The molecule has 0 aliphatic rings. The van der Waals surface area contributed by atoms with Crippen molar-refractivity contribution in [3.05, 3.63) is 90.5 Å². The van der Waals surface area contributed by atoms with Crippen LogP contribution >= 0.6 is 0 Å². The molecule has 0 unspecified atom stereocenters. The van der Waals surface area contributed by atoms with Crippen LogP contribution in [0.2, 0.25) is 0 Å². The standard InChI is InChI=1S/C22H19NO3/c1-16(26-22(25)18-12-6-3-7-13-18)21(24)23-20-15-9-8-14-19(20)17-10-4-2-5-11-17/h2-16H,1H3,(H,23,24)/t16-/m0/s1. The summed E-state index contributed by atoms with van der Waals surface area (Å²) < 4.78 is 5.27. The van der Waals surface area contributed by atoms with Crippen LogP contribution in [0.5, 0.6) is 0 Å². The first-order valence-electron chi connectivity index (χ1n) is 8.36. The monoisotopic (exact) mass is 345 g/mol. The number of hydrogen-bond acceptors (Lipinski definition) is 3. The van der Waals surface area contributed by atoms with Gasteiger partial charge in [-0.05, 0) is 30.7 Å². The van der Waals surface area contributed by atoms with Crippen LogP contribution in [0.1, 0.15) is 17.3 Å². The van der Waals surface area contributed by atoms with Crippen molar-refractivity contribution in [3.63, 3.8) is 0 Å². The molecule has 0 radical (unpaired) electrons. The molecule has 3 rings (SSSR count). The maximum Gasteiger partial charge on any atom is 0.338 e. The summed E-state index contributed by atoms with van der Waals surface area (Å²) in [5.74, 6) is -0.901. The minimum absolute atomic E-state index is 0.377. The first-order valence-corrected chi connectivity index (χ1v) is 8.36. The van der Waals surface area contributed by atoms with Crippen molar-refractivity contribution in [2.24, 2.45) is 0 Å². The quantitative estimate of drug-likeness (QED) is 0.691. The third-order valence-electron chi connectivity index (χ3n) is 3.93. The number of esters is 1. The average molecular weight is 345 g/mol. The second kappa shape index (κ2) is 8.12. The maximum atomic E-state index is 12.5. The summed E-state index contributed by atoms with van der Waals surface area (Å²) in [6, 6.07) is 25.9. The predicted octanol–water partition coefficient (Wildman–Crippen LogP) is 4.54. The third-order valence-corrected chi connectivity index (χ3v) is 3.93. The second-order valence-electron chi connectivity index (χ2n) is 5.81. The Balaban J connectivity index is 1.71. The number of para-hydroxylation sites is 1. The highest BCUT2D eigenvalue weighted by molar-refractivity contribution is 5.99. The smallest absolute Gasteiger partial charge is 0.338 e. The Hall–Kier alpha value is -3.40. The molecule has 0 fully saturated rings. The Labute approximate surface area is 152 Å². The molecule has 0 aliphatic carbocycles. The van der Waals surface area contributed by atoms with Crippen molar-refractivity contribution in [2.45, 2.75) is 13.0 Å². The van der Waals surface area contributed by atoms with E-state index >= 15 is 0 Å². The molecule has 4 heteroatoms. The van der Waals surface area contributed by atoms with Gasteiger partial charge in [0.2, 0.25) is 0 Å². The predicted molar refractivity (Wildman–Crippen MR) is 102 cm³/mol. The molecule has 0 heterocycles. The molecular formula is C22H19NO3. The lowest BCUT2D eigenvalue weighted by Gasteiger charge is -2.16. The van der Waals surface area contributed by atoms with Gasteiger partial charge in [-0.15, -0.1) is 0 Å². The van der Waals surface area contributed by atoms with Crippen LogP contribution in [-0.4, -0.2) is 18.0 Å². The van der Waals surface area contributed by atoms with Gasteiger partial charge in [0, 0.05) is 11.3 Å². The Morgan fingerprint density at radius 2 is 1.38 bits per heavy atom. The highest BCUT2D eigenvalue weighted by atomic mass is 16.5. The van der Waals surface area contributed by atoms with Gasteiger partial charge in [0.05, 0.1) is 5.56 Å². The van der Waals surface area contributed by atoms with Crippen LogP contribution in [0.15, 0.2) is 84.9 Å². The van der Waals surface area contributed by atoms with E-state index in [0.29, 0.717) is 11.3 Å². The molecule has 0 saturated carbocycles. The lowest BCUT2D eigenvalue weighted by molar-refractivity contribution is -0.123. The van der Waals surface area contributed by atoms with Crippen molar-refractivity contribution >= 4 is 17.6 Å². The van der Waals surface area contributed by atoms with E-state index in [1.54, 1.807) is 31.2 Å². The van der Waals surface area contributed by atoms with Gasteiger partial charge in [0.1, 0.15) is 0 Å².